The number of hydrogen-bond donors (Lipinski definition) is 1. The van der Waals surface area contributed by atoms with Crippen molar-refractivity contribution in [2.75, 3.05) is 0 Å². The van der Waals surface area contributed by atoms with E-state index in [4.69, 9.17) is 0 Å². The fourth-order valence-corrected chi connectivity index (χ4v) is 1.23. The number of rotatable bonds is 5. The third-order valence-electron chi connectivity index (χ3n) is 1.97. The Morgan fingerprint density at radius 2 is 1.93 bits per heavy atom. The fraction of sp³-hybridized carbons (Fsp3) is 0.538. The van der Waals surface area contributed by atoms with E-state index in [2.05, 4.69) is 26.7 Å². The molecule has 1 nitrogen and oxygen atoms in total. The van der Waals surface area contributed by atoms with Gasteiger partial charge in [0.2, 0.25) is 0 Å². The lowest BCUT2D eigenvalue weighted by Gasteiger charge is -2.11. The van der Waals surface area contributed by atoms with Gasteiger partial charge >= 0.3 is 0 Å². The molecule has 0 aliphatic heterocycles. The van der Waals surface area contributed by atoms with Crippen LogP contribution in [-0.4, -0.2) is 11.2 Å². The molecule has 0 aliphatic carbocycles. The molecule has 1 heteroatoms. The van der Waals surface area contributed by atoms with Crippen molar-refractivity contribution < 1.29 is 5.11 Å². The summed E-state index contributed by atoms with van der Waals surface area (Å²) in [6.07, 6.45) is 4.50. The molecule has 0 amide bonds. The maximum absolute atomic E-state index is 9.52. The first kappa shape index (κ1) is 15.6. The van der Waals surface area contributed by atoms with Gasteiger partial charge in [-0.2, -0.15) is 0 Å². The highest BCUT2D eigenvalue weighted by Crippen LogP contribution is 2.16. The lowest BCUT2D eigenvalue weighted by atomic mass is 10.00. The lowest BCUT2D eigenvalue weighted by molar-refractivity contribution is 0.164. The molecule has 0 aromatic heterocycles. The quantitative estimate of drug-likeness (QED) is 0.523. The molecule has 0 saturated carbocycles. The van der Waals surface area contributed by atoms with Crippen molar-refractivity contribution in [1.29, 1.82) is 0 Å². The molecule has 82 valence electrons. The van der Waals surface area contributed by atoms with Gasteiger partial charge in [-0.1, -0.05) is 31.6 Å². The van der Waals surface area contributed by atoms with Gasteiger partial charge in [-0.05, 0) is 32.3 Å². The molecule has 1 N–H and O–H groups in total. The van der Waals surface area contributed by atoms with Gasteiger partial charge < -0.3 is 5.11 Å². The number of aliphatic hydroxyl groups is 1. The highest BCUT2D eigenvalue weighted by atomic mass is 16.3. The van der Waals surface area contributed by atoms with Crippen LogP contribution in [0.2, 0.25) is 0 Å². The number of hydrogen-bond acceptors (Lipinski definition) is 1. The molecule has 0 saturated heterocycles. The smallest absolute Gasteiger partial charge is 0.0580 e. The van der Waals surface area contributed by atoms with E-state index >= 15 is 0 Å². The van der Waals surface area contributed by atoms with E-state index in [1.165, 1.54) is 5.57 Å². The van der Waals surface area contributed by atoms with Crippen LogP contribution in [-0.2, 0) is 0 Å². The maximum Gasteiger partial charge on any atom is 0.0580 e. The minimum absolute atomic E-state index is 0.196. The van der Waals surface area contributed by atoms with Crippen LogP contribution in [0.5, 0.6) is 0 Å². The van der Waals surface area contributed by atoms with E-state index in [9.17, 15) is 5.11 Å². The molecule has 0 rings (SSSR count). The SMILES string of the molecule is C=C.C=C(C)/C(=C\C)CC(O)CCC. The molecule has 14 heavy (non-hydrogen) atoms. The summed E-state index contributed by atoms with van der Waals surface area (Å²) in [5.41, 5.74) is 2.24. The van der Waals surface area contributed by atoms with Crippen molar-refractivity contribution in [2.24, 2.45) is 0 Å². The van der Waals surface area contributed by atoms with Crippen LogP contribution in [0.3, 0.4) is 0 Å². The Balaban J connectivity index is 0. The first-order chi connectivity index (χ1) is 6.61. The zero-order valence-corrected chi connectivity index (χ0v) is 9.84. The van der Waals surface area contributed by atoms with Crippen molar-refractivity contribution in [3.05, 3.63) is 37.0 Å². The maximum atomic E-state index is 9.52. The third-order valence-corrected chi connectivity index (χ3v) is 1.97. The minimum atomic E-state index is -0.196. The average molecular weight is 196 g/mol. The van der Waals surface area contributed by atoms with Crippen molar-refractivity contribution >= 4 is 0 Å². The van der Waals surface area contributed by atoms with Crippen LogP contribution >= 0.6 is 0 Å². The molecule has 0 aliphatic rings. The molecule has 0 radical (unpaired) electrons. The molecule has 1 atom stereocenters. The van der Waals surface area contributed by atoms with Gasteiger partial charge in [0.1, 0.15) is 0 Å². The molecule has 0 fully saturated rings. The highest BCUT2D eigenvalue weighted by molar-refractivity contribution is 5.25. The van der Waals surface area contributed by atoms with E-state index in [0.29, 0.717) is 0 Å². The van der Waals surface area contributed by atoms with E-state index in [1.54, 1.807) is 0 Å². The second-order valence-electron chi connectivity index (χ2n) is 3.24. The van der Waals surface area contributed by atoms with Gasteiger partial charge in [-0.25, -0.2) is 0 Å². The molecule has 0 heterocycles. The second-order valence-corrected chi connectivity index (χ2v) is 3.24. The van der Waals surface area contributed by atoms with Crippen LogP contribution in [0.1, 0.15) is 40.0 Å². The Morgan fingerprint density at radius 1 is 1.43 bits per heavy atom. The summed E-state index contributed by atoms with van der Waals surface area (Å²) in [4.78, 5) is 0. The Morgan fingerprint density at radius 3 is 2.21 bits per heavy atom. The van der Waals surface area contributed by atoms with Crippen LogP contribution in [0.15, 0.2) is 37.0 Å². The molecule has 0 aromatic carbocycles. The van der Waals surface area contributed by atoms with Crippen molar-refractivity contribution in [2.45, 2.75) is 46.1 Å². The summed E-state index contributed by atoms with van der Waals surface area (Å²) in [5, 5.41) is 9.52. The Kier molecular flexibility index (Phi) is 11.5. The van der Waals surface area contributed by atoms with Gasteiger partial charge in [0.25, 0.3) is 0 Å². The van der Waals surface area contributed by atoms with Gasteiger partial charge in [-0.3, -0.25) is 0 Å². The number of allylic oxidation sites excluding steroid dienone is 2. The van der Waals surface area contributed by atoms with Gasteiger partial charge in [0.05, 0.1) is 6.10 Å². The fourth-order valence-electron chi connectivity index (χ4n) is 1.23. The minimum Gasteiger partial charge on any atom is -0.393 e. The predicted molar refractivity (Wildman–Crippen MR) is 65.4 cm³/mol. The Labute approximate surface area is 88.8 Å². The van der Waals surface area contributed by atoms with E-state index in [-0.39, 0.29) is 6.10 Å². The standard InChI is InChI=1S/C11H20O.C2H4/c1-5-7-11(12)8-10(6-2)9(3)4;1-2/h6,11-12H,3,5,7-8H2,1-2,4H3;1-2H2/b10-6-;. The van der Waals surface area contributed by atoms with Crippen molar-refractivity contribution in [1.82, 2.24) is 0 Å². The van der Waals surface area contributed by atoms with Crippen LogP contribution < -0.4 is 0 Å². The first-order valence-corrected chi connectivity index (χ1v) is 5.10. The van der Waals surface area contributed by atoms with E-state index < -0.39 is 0 Å². The summed E-state index contributed by atoms with van der Waals surface area (Å²) in [6.45, 7) is 15.9. The zero-order valence-electron chi connectivity index (χ0n) is 9.84. The summed E-state index contributed by atoms with van der Waals surface area (Å²) >= 11 is 0. The van der Waals surface area contributed by atoms with Crippen molar-refractivity contribution in [3.63, 3.8) is 0 Å². The predicted octanol–water partition coefficient (Wildman–Crippen LogP) is 3.86. The number of aliphatic hydroxyl groups excluding tert-OH is 1. The monoisotopic (exact) mass is 196 g/mol. The largest absolute Gasteiger partial charge is 0.393 e. The summed E-state index contributed by atoms with van der Waals surface area (Å²) in [7, 11) is 0. The van der Waals surface area contributed by atoms with Crippen LogP contribution in [0.25, 0.3) is 0 Å². The molecule has 0 bridgehead atoms. The summed E-state index contributed by atoms with van der Waals surface area (Å²) in [6, 6.07) is 0. The average Bonchev–Trinajstić information content (AvgIpc) is 2.17. The zero-order chi connectivity index (χ0) is 11.6. The molecule has 0 aromatic rings. The molecular weight excluding hydrogens is 172 g/mol. The van der Waals surface area contributed by atoms with Gasteiger partial charge in [0, 0.05) is 0 Å². The highest BCUT2D eigenvalue weighted by Gasteiger charge is 2.05. The second kappa shape index (κ2) is 10.3. The van der Waals surface area contributed by atoms with E-state index in [1.807, 2.05) is 19.9 Å². The Bertz CT molecular complexity index is 180. The van der Waals surface area contributed by atoms with Crippen LogP contribution in [0, 0.1) is 0 Å². The third kappa shape index (κ3) is 7.81. The topological polar surface area (TPSA) is 20.2 Å². The van der Waals surface area contributed by atoms with Gasteiger partial charge in [0.15, 0.2) is 0 Å². The molecular formula is C13H24O. The van der Waals surface area contributed by atoms with Gasteiger partial charge in [-0.15, -0.1) is 13.2 Å². The van der Waals surface area contributed by atoms with Crippen LogP contribution in [0.4, 0.5) is 0 Å². The van der Waals surface area contributed by atoms with E-state index in [0.717, 1.165) is 24.8 Å². The lowest BCUT2D eigenvalue weighted by Crippen LogP contribution is -2.07. The summed E-state index contributed by atoms with van der Waals surface area (Å²) < 4.78 is 0. The Hall–Kier alpha value is -0.820. The first-order valence-electron chi connectivity index (χ1n) is 5.10. The normalized spacial score (nSPS) is 12.7. The summed E-state index contributed by atoms with van der Waals surface area (Å²) in [5.74, 6) is 0. The molecule has 0 spiro atoms. The van der Waals surface area contributed by atoms with Crippen molar-refractivity contribution in [3.8, 4) is 0 Å². The molecule has 1 unspecified atom stereocenters.